The second-order valence-electron chi connectivity index (χ2n) is 13.9. The lowest BCUT2D eigenvalue weighted by Gasteiger charge is -2.27. The van der Waals surface area contributed by atoms with Gasteiger partial charge in [0.05, 0.1) is 24.8 Å². The molecule has 0 saturated carbocycles. The molecule has 2 aliphatic rings. The molecule has 1 saturated heterocycles. The van der Waals surface area contributed by atoms with Crippen molar-refractivity contribution >= 4 is 40.7 Å². The van der Waals surface area contributed by atoms with Crippen LogP contribution in [0.1, 0.15) is 71.2 Å². The molecule has 0 radical (unpaired) electrons. The zero-order valence-corrected chi connectivity index (χ0v) is 29.4. The third-order valence-corrected chi connectivity index (χ3v) is 9.06. The summed E-state index contributed by atoms with van der Waals surface area (Å²) in [6.45, 7) is 6.20. The predicted molar refractivity (Wildman–Crippen MR) is 190 cm³/mol. The Morgan fingerprint density at radius 1 is 0.902 bits per heavy atom. The Labute approximate surface area is 296 Å². The van der Waals surface area contributed by atoms with Gasteiger partial charge < -0.3 is 24.1 Å². The number of methoxy groups -OCH3 is 1. The van der Waals surface area contributed by atoms with Crippen LogP contribution in [0.4, 0.5) is 4.79 Å². The highest BCUT2D eigenvalue weighted by Gasteiger charge is 2.43. The van der Waals surface area contributed by atoms with E-state index in [0.29, 0.717) is 48.5 Å². The van der Waals surface area contributed by atoms with Gasteiger partial charge in [0.25, 0.3) is 17.7 Å². The molecule has 0 aliphatic carbocycles. The summed E-state index contributed by atoms with van der Waals surface area (Å²) >= 11 is 0. The number of benzene rings is 3. The van der Waals surface area contributed by atoms with Crippen LogP contribution in [0.5, 0.6) is 5.75 Å². The number of H-pyrrole nitrogens is 1. The molecule has 0 unspecified atom stereocenters. The summed E-state index contributed by atoms with van der Waals surface area (Å²) in [4.78, 5) is 71.7. The standard InChI is InChI=1S/C39H42N4O8/c1-39(2,3)51-38(48)43-23-26(21-33(43)37(47)49-5)50-25-13-10-12-24(20-25)27-16-11-17-31-30(27)22-32(40-31)36(46)41(4)18-8-9-19-42-34(44)28-14-6-7-15-29(28)35(42)45/h6-7,10-17,20,22,26,33,40H,8-9,18-19,21,23H2,1-5H3/t26-,33-/m0/s1. The van der Waals surface area contributed by atoms with Crippen molar-refractivity contribution in [3.63, 3.8) is 0 Å². The molecule has 4 amide bonds. The van der Waals surface area contributed by atoms with E-state index in [2.05, 4.69) is 4.98 Å². The maximum Gasteiger partial charge on any atom is 0.411 e. The molecular weight excluding hydrogens is 652 g/mol. The van der Waals surface area contributed by atoms with Gasteiger partial charge >= 0.3 is 12.1 Å². The van der Waals surface area contributed by atoms with Crippen LogP contribution < -0.4 is 4.74 Å². The van der Waals surface area contributed by atoms with Crippen molar-refractivity contribution in [3.05, 3.63) is 89.6 Å². The molecule has 4 aromatic rings. The lowest BCUT2D eigenvalue weighted by Crippen LogP contribution is -2.44. The molecule has 51 heavy (non-hydrogen) atoms. The summed E-state index contributed by atoms with van der Waals surface area (Å²) in [6.07, 6.45) is 0.374. The Kier molecular flexibility index (Phi) is 9.86. The van der Waals surface area contributed by atoms with Gasteiger partial charge in [-0.15, -0.1) is 0 Å². The van der Waals surface area contributed by atoms with E-state index < -0.39 is 29.8 Å². The first-order valence-corrected chi connectivity index (χ1v) is 17.0. The van der Waals surface area contributed by atoms with Gasteiger partial charge in [0.1, 0.15) is 29.2 Å². The predicted octanol–water partition coefficient (Wildman–Crippen LogP) is 5.91. The number of esters is 1. The highest BCUT2D eigenvalue weighted by atomic mass is 16.6. The molecule has 0 spiro atoms. The van der Waals surface area contributed by atoms with Crippen molar-refractivity contribution in [2.24, 2.45) is 0 Å². The average molecular weight is 695 g/mol. The summed E-state index contributed by atoms with van der Waals surface area (Å²) < 4.78 is 16.8. The van der Waals surface area contributed by atoms with Gasteiger partial charge in [-0.3, -0.25) is 24.2 Å². The van der Waals surface area contributed by atoms with Crippen LogP contribution in [0.3, 0.4) is 0 Å². The van der Waals surface area contributed by atoms with Gasteiger partial charge in [0, 0.05) is 37.5 Å². The maximum absolute atomic E-state index is 13.4. The first-order chi connectivity index (χ1) is 24.3. The Morgan fingerprint density at radius 3 is 2.27 bits per heavy atom. The van der Waals surface area contributed by atoms with Crippen molar-refractivity contribution in [1.82, 2.24) is 19.7 Å². The smallest absolute Gasteiger partial charge is 0.411 e. The van der Waals surface area contributed by atoms with E-state index in [0.717, 1.165) is 22.0 Å². The monoisotopic (exact) mass is 694 g/mol. The molecule has 3 aromatic carbocycles. The second-order valence-corrected chi connectivity index (χ2v) is 13.9. The zero-order valence-electron chi connectivity index (χ0n) is 29.4. The molecule has 12 heteroatoms. The van der Waals surface area contributed by atoms with E-state index >= 15 is 0 Å². The van der Waals surface area contributed by atoms with Crippen molar-refractivity contribution in [1.29, 1.82) is 0 Å². The summed E-state index contributed by atoms with van der Waals surface area (Å²) in [5.74, 6) is -0.691. The molecule has 12 nitrogen and oxygen atoms in total. The van der Waals surface area contributed by atoms with Gasteiger partial charge in [0.15, 0.2) is 0 Å². The summed E-state index contributed by atoms with van der Waals surface area (Å²) in [5, 5.41) is 0.861. The van der Waals surface area contributed by atoms with E-state index in [1.807, 2.05) is 48.5 Å². The minimum Gasteiger partial charge on any atom is -0.488 e. The number of imide groups is 1. The number of ether oxygens (including phenoxy) is 3. The fourth-order valence-corrected chi connectivity index (χ4v) is 6.58. The van der Waals surface area contributed by atoms with Gasteiger partial charge in [-0.1, -0.05) is 36.4 Å². The molecule has 2 aliphatic heterocycles. The molecule has 0 bridgehead atoms. The lowest BCUT2D eigenvalue weighted by atomic mass is 10.0. The van der Waals surface area contributed by atoms with Gasteiger partial charge in [-0.2, -0.15) is 0 Å². The van der Waals surface area contributed by atoms with Crippen LogP contribution in [0.25, 0.3) is 22.0 Å². The van der Waals surface area contributed by atoms with Gasteiger partial charge in [-0.25, -0.2) is 9.59 Å². The Balaban J connectivity index is 1.10. The number of nitrogens with one attached hydrogen (secondary N) is 1. The number of rotatable bonds is 10. The topological polar surface area (TPSA) is 139 Å². The largest absolute Gasteiger partial charge is 0.488 e. The molecule has 1 fully saturated rings. The number of likely N-dealkylation sites (tertiary alicyclic amines) is 1. The lowest BCUT2D eigenvalue weighted by molar-refractivity contribution is -0.145. The highest BCUT2D eigenvalue weighted by molar-refractivity contribution is 6.21. The zero-order chi connectivity index (χ0) is 36.4. The number of hydrogen-bond acceptors (Lipinski definition) is 8. The molecular formula is C39H42N4O8. The first-order valence-electron chi connectivity index (χ1n) is 17.0. The first kappa shape index (κ1) is 35.2. The molecule has 3 heterocycles. The number of amides is 4. The number of unbranched alkanes of at least 4 members (excludes halogenated alkanes) is 1. The SMILES string of the molecule is COC(=O)[C@@H]1C[C@H](Oc2cccc(-c3cccc4[nH]c(C(=O)N(C)CCCCN5C(=O)c6ccccc6C5=O)cc34)c2)CN1C(=O)OC(C)(C)C. The van der Waals surface area contributed by atoms with Crippen LogP contribution in [-0.2, 0) is 14.3 Å². The quantitative estimate of drug-likeness (QED) is 0.123. The fraction of sp³-hybridized carbons (Fsp3) is 0.359. The van der Waals surface area contributed by atoms with Crippen molar-refractivity contribution in [2.45, 2.75) is 57.8 Å². The third-order valence-electron chi connectivity index (χ3n) is 9.06. The van der Waals surface area contributed by atoms with Crippen molar-refractivity contribution < 1.29 is 38.2 Å². The number of nitrogens with zero attached hydrogens (tertiary/aromatic N) is 3. The molecule has 6 rings (SSSR count). The molecule has 1 aromatic heterocycles. The van der Waals surface area contributed by atoms with Gasteiger partial charge in [0.2, 0.25) is 0 Å². The van der Waals surface area contributed by atoms with Gasteiger partial charge in [-0.05, 0) is 81.1 Å². The summed E-state index contributed by atoms with van der Waals surface area (Å²) in [6, 6.07) is 21.2. The van der Waals surface area contributed by atoms with Crippen LogP contribution in [0.15, 0.2) is 72.8 Å². The van der Waals surface area contributed by atoms with E-state index in [9.17, 15) is 24.0 Å². The van der Waals surface area contributed by atoms with Crippen molar-refractivity contribution in [2.75, 3.05) is 33.8 Å². The van der Waals surface area contributed by atoms with E-state index in [-0.39, 0.29) is 30.7 Å². The number of carbonyl (C=O) groups excluding carboxylic acids is 5. The number of hydrogen-bond donors (Lipinski definition) is 1. The maximum atomic E-state index is 13.4. The molecule has 1 N–H and O–H groups in total. The number of aromatic nitrogens is 1. The second kappa shape index (κ2) is 14.3. The molecule has 2 atom stereocenters. The third kappa shape index (κ3) is 7.45. The Hall–Kier alpha value is -5.65. The normalized spacial score (nSPS) is 17.1. The van der Waals surface area contributed by atoms with E-state index in [4.69, 9.17) is 14.2 Å². The minimum atomic E-state index is -0.822. The number of carbonyl (C=O) groups is 5. The van der Waals surface area contributed by atoms with Crippen LogP contribution in [0, 0.1) is 0 Å². The van der Waals surface area contributed by atoms with E-state index in [1.54, 1.807) is 57.0 Å². The van der Waals surface area contributed by atoms with Crippen LogP contribution in [-0.4, -0.2) is 101 Å². The van der Waals surface area contributed by atoms with Crippen molar-refractivity contribution in [3.8, 4) is 16.9 Å². The Bertz CT molecular complexity index is 1960. The van der Waals surface area contributed by atoms with E-state index in [1.165, 1.54) is 16.9 Å². The number of aromatic amines is 1. The average Bonchev–Trinajstić information content (AvgIpc) is 3.80. The Morgan fingerprint density at radius 2 is 1.59 bits per heavy atom. The summed E-state index contributed by atoms with van der Waals surface area (Å²) in [5.41, 5.74) is 3.13. The fourth-order valence-electron chi connectivity index (χ4n) is 6.58. The minimum absolute atomic E-state index is 0.161. The highest BCUT2D eigenvalue weighted by Crippen LogP contribution is 2.33. The summed E-state index contributed by atoms with van der Waals surface area (Å²) in [7, 11) is 3.02. The molecule has 266 valence electrons. The van der Waals surface area contributed by atoms with Crippen LogP contribution >= 0.6 is 0 Å². The number of fused-ring (bicyclic) bond motifs is 2. The van der Waals surface area contributed by atoms with Crippen LogP contribution in [0.2, 0.25) is 0 Å².